The first kappa shape index (κ1) is 28.1. The molecule has 4 rings (SSSR count). The van der Waals surface area contributed by atoms with E-state index in [1.54, 1.807) is 47.4 Å². The maximum absolute atomic E-state index is 13.2. The van der Waals surface area contributed by atoms with E-state index >= 15 is 0 Å². The molecule has 3 N–H and O–H groups in total. The quantitative estimate of drug-likeness (QED) is 0.376. The largest absolute Gasteiger partial charge is 0.481 e. The first-order valence-electron chi connectivity index (χ1n) is 12.4. The number of carboxylic acids is 1. The van der Waals surface area contributed by atoms with Crippen molar-refractivity contribution in [3.05, 3.63) is 81.5 Å². The topological polar surface area (TPSA) is 152 Å². The molecule has 0 spiro atoms. The van der Waals surface area contributed by atoms with Gasteiger partial charge in [-0.1, -0.05) is 6.07 Å². The minimum absolute atomic E-state index is 0.235. The van der Waals surface area contributed by atoms with Crippen LogP contribution >= 0.6 is 11.3 Å². The third-order valence-corrected chi connectivity index (χ3v) is 7.39. The molecule has 2 aromatic carbocycles. The Hall–Kier alpha value is -4.89. The third-order valence-electron chi connectivity index (χ3n) is 6.41. The maximum atomic E-state index is 13.2. The van der Waals surface area contributed by atoms with Gasteiger partial charge in [0.15, 0.2) is 0 Å². The normalized spacial score (nSPS) is 13.6. The molecule has 1 unspecified atom stereocenters. The fraction of sp³-hybridized carbons (Fsp3) is 0.250. The summed E-state index contributed by atoms with van der Waals surface area (Å²) in [5, 5.41) is 25.9. The van der Waals surface area contributed by atoms with Crippen molar-refractivity contribution in [2.45, 2.75) is 12.5 Å². The molecule has 12 heteroatoms. The van der Waals surface area contributed by atoms with E-state index in [4.69, 9.17) is 10.00 Å². The van der Waals surface area contributed by atoms with E-state index in [1.807, 2.05) is 16.3 Å². The highest BCUT2D eigenvalue weighted by molar-refractivity contribution is 7.10. The minimum Gasteiger partial charge on any atom is -0.481 e. The summed E-state index contributed by atoms with van der Waals surface area (Å²) in [4.78, 5) is 54.0. The Labute approximate surface area is 234 Å². The second-order valence-corrected chi connectivity index (χ2v) is 9.94. The molecule has 206 valence electrons. The molecular weight excluding hydrogens is 534 g/mol. The van der Waals surface area contributed by atoms with E-state index in [9.17, 15) is 24.3 Å². The Morgan fingerprint density at radius 1 is 1.02 bits per heavy atom. The van der Waals surface area contributed by atoms with Gasteiger partial charge in [-0.05, 0) is 53.9 Å². The van der Waals surface area contributed by atoms with Gasteiger partial charge in [0.05, 0.1) is 42.6 Å². The first-order valence-corrected chi connectivity index (χ1v) is 13.3. The number of nitrogens with zero attached hydrogens (tertiary/aromatic N) is 3. The van der Waals surface area contributed by atoms with Crippen LogP contribution in [0.3, 0.4) is 0 Å². The average molecular weight is 562 g/mol. The molecule has 1 atom stereocenters. The molecule has 3 aromatic rings. The molecule has 0 radical (unpaired) electrons. The van der Waals surface area contributed by atoms with Crippen molar-refractivity contribution >= 4 is 46.6 Å². The van der Waals surface area contributed by atoms with Crippen molar-refractivity contribution in [2.24, 2.45) is 0 Å². The van der Waals surface area contributed by atoms with Crippen LogP contribution in [0.2, 0.25) is 0 Å². The van der Waals surface area contributed by atoms with Crippen molar-refractivity contribution in [1.29, 1.82) is 5.26 Å². The lowest BCUT2D eigenvalue weighted by molar-refractivity contribution is -0.137. The smallest absolute Gasteiger partial charge is 0.409 e. The van der Waals surface area contributed by atoms with Gasteiger partial charge in [0.25, 0.3) is 11.8 Å². The molecule has 1 aromatic heterocycles. The summed E-state index contributed by atoms with van der Waals surface area (Å²) in [6.07, 6.45) is -0.695. The van der Waals surface area contributed by atoms with E-state index in [1.165, 1.54) is 30.6 Å². The fourth-order valence-corrected chi connectivity index (χ4v) is 5.11. The Balaban J connectivity index is 1.61. The predicted molar refractivity (Wildman–Crippen MR) is 149 cm³/mol. The SMILES string of the molecule is COC(=O)N1CCN(c2ccc(C(=O)NC(CC(=O)O)c3cccs3)cc2NC(=O)c2ccc(C#N)cc2)CC1. The molecule has 1 aliphatic heterocycles. The number of hydrogen-bond acceptors (Lipinski definition) is 8. The molecule has 0 bridgehead atoms. The van der Waals surface area contributed by atoms with E-state index in [0.29, 0.717) is 53.6 Å². The number of piperazine rings is 1. The molecule has 40 heavy (non-hydrogen) atoms. The molecule has 2 heterocycles. The summed E-state index contributed by atoms with van der Waals surface area (Å²) in [7, 11) is 1.33. The second-order valence-electron chi connectivity index (χ2n) is 8.96. The molecule has 0 saturated carbocycles. The summed E-state index contributed by atoms with van der Waals surface area (Å²) in [5.74, 6) is -1.97. The van der Waals surface area contributed by atoms with Gasteiger partial charge in [-0.15, -0.1) is 11.3 Å². The molecule has 0 aliphatic carbocycles. The highest BCUT2D eigenvalue weighted by Gasteiger charge is 2.25. The van der Waals surface area contributed by atoms with Crippen molar-refractivity contribution < 1.29 is 29.0 Å². The van der Waals surface area contributed by atoms with Gasteiger partial charge in [0.2, 0.25) is 0 Å². The average Bonchev–Trinajstić information content (AvgIpc) is 3.51. The van der Waals surface area contributed by atoms with Crippen LogP contribution < -0.4 is 15.5 Å². The number of carboxylic acid groups (broad SMARTS) is 1. The summed E-state index contributed by atoms with van der Waals surface area (Å²) < 4.78 is 4.81. The van der Waals surface area contributed by atoms with Crippen LogP contribution in [0.4, 0.5) is 16.2 Å². The summed E-state index contributed by atoms with van der Waals surface area (Å²) in [5.41, 5.74) is 2.01. The lowest BCUT2D eigenvalue weighted by Crippen LogP contribution is -2.49. The van der Waals surface area contributed by atoms with Gasteiger partial charge in [-0.2, -0.15) is 5.26 Å². The van der Waals surface area contributed by atoms with E-state index < -0.39 is 29.9 Å². The van der Waals surface area contributed by atoms with Crippen LogP contribution in [0.5, 0.6) is 0 Å². The number of carbonyl (C=O) groups is 4. The lowest BCUT2D eigenvalue weighted by atomic mass is 10.1. The highest BCUT2D eigenvalue weighted by atomic mass is 32.1. The minimum atomic E-state index is -1.05. The Bertz CT molecular complexity index is 1430. The number of nitrogens with one attached hydrogen (secondary N) is 2. The number of methoxy groups -OCH3 is 1. The number of anilines is 2. The molecular formula is C28H27N5O6S. The second kappa shape index (κ2) is 12.8. The summed E-state index contributed by atoms with van der Waals surface area (Å²) >= 11 is 1.35. The Morgan fingerprint density at radius 3 is 2.33 bits per heavy atom. The number of hydrogen-bond donors (Lipinski definition) is 3. The molecule has 1 fully saturated rings. The number of benzene rings is 2. The molecule has 3 amide bonds. The van der Waals surface area contributed by atoms with E-state index in [0.717, 1.165) is 0 Å². The highest BCUT2D eigenvalue weighted by Crippen LogP contribution is 2.30. The van der Waals surface area contributed by atoms with E-state index in [2.05, 4.69) is 10.6 Å². The number of amides is 3. The van der Waals surface area contributed by atoms with Gasteiger partial charge >= 0.3 is 12.1 Å². The third kappa shape index (κ3) is 6.75. The number of carbonyl (C=O) groups excluding carboxylic acids is 3. The molecule has 1 saturated heterocycles. The van der Waals surface area contributed by atoms with Gasteiger partial charge in [0, 0.05) is 42.2 Å². The lowest BCUT2D eigenvalue weighted by Gasteiger charge is -2.36. The monoisotopic (exact) mass is 561 g/mol. The molecule has 11 nitrogen and oxygen atoms in total. The van der Waals surface area contributed by atoms with Crippen LogP contribution in [-0.4, -0.2) is 67.2 Å². The van der Waals surface area contributed by atoms with Gasteiger partial charge in [-0.3, -0.25) is 14.4 Å². The molecule has 1 aliphatic rings. The zero-order valence-corrected chi connectivity index (χ0v) is 22.4. The van der Waals surface area contributed by atoms with Crippen LogP contribution in [-0.2, 0) is 9.53 Å². The predicted octanol–water partition coefficient (Wildman–Crippen LogP) is 3.71. The maximum Gasteiger partial charge on any atom is 0.409 e. The zero-order chi connectivity index (χ0) is 28.6. The zero-order valence-electron chi connectivity index (χ0n) is 21.6. The van der Waals surface area contributed by atoms with Gasteiger partial charge in [0.1, 0.15) is 0 Å². The number of rotatable bonds is 8. The number of nitriles is 1. The van der Waals surface area contributed by atoms with Gasteiger partial charge in [-0.25, -0.2) is 4.79 Å². The standard InChI is InChI=1S/C28H27N5O6S/c1-39-28(38)33-12-10-32(11-13-33)23-9-8-20(27(37)31-22(16-25(34)35)24-3-2-14-40-24)15-21(23)30-26(36)19-6-4-18(17-29)5-7-19/h2-9,14-15,22H,10-13,16H2,1H3,(H,30,36)(H,31,37)(H,34,35). The Kier molecular flexibility index (Phi) is 8.98. The summed E-state index contributed by atoms with van der Waals surface area (Å²) in [6, 6.07) is 15.9. The van der Waals surface area contributed by atoms with Crippen molar-refractivity contribution in [2.75, 3.05) is 43.5 Å². The Morgan fingerprint density at radius 2 is 1.73 bits per heavy atom. The van der Waals surface area contributed by atoms with Crippen LogP contribution in [0.15, 0.2) is 60.0 Å². The van der Waals surface area contributed by atoms with Crippen LogP contribution in [0, 0.1) is 11.3 Å². The summed E-state index contributed by atoms with van der Waals surface area (Å²) in [6.45, 7) is 1.77. The number of ether oxygens (including phenoxy) is 1. The van der Waals surface area contributed by atoms with Crippen molar-refractivity contribution in [3.63, 3.8) is 0 Å². The fourth-order valence-electron chi connectivity index (χ4n) is 4.33. The van der Waals surface area contributed by atoms with Crippen LogP contribution in [0.1, 0.15) is 43.6 Å². The number of aliphatic carboxylic acids is 1. The first-order chi connectivity index (χ1) is 19.3. The van der Waals surface area contributed by atoms with E-state index in [-0.39, 0.29) is 12.0 Å². The van der Waals surface area contributed by atoms with Gasteiger partial charge < -0.3 is 30.3 Å². The number of thiophene rings is 1. The van der Waals surface area contributed by atoms with Crippen molar-refractivity contribution in [1.82, 2.24) is 10.2 Å². The van der Waals surface area contributed by atoms with Crippen LogP contribution in [0.25, 0.3) is 0 Å². The van der Waals surface area contributed by atoms with Crippen molar-refractivity contribution in [3.8, 4) is 6.07 Å².